The average molecular weight is 826 g/mol. The van der Waals surface area contributed by atoms with Gasteiger partial charge in [-0.05, 0) is 87.3 Å². The van der Waals surface area contributed by atoms with Crippen LogP contribution in [0, 0.1) is 0 Å². The molecule has 0 saturated carbocycles. The maximum atomic E-state index is 2.57. The number of benzene rings is 9. The summed E-state index contributed by atoms with van der Waals surface area (Å²) in [6.45, 7) is 0. The Morgan fingerprint density at radius 2 is 0.922 bits per heavy atom. The first-order valence-corrected chi connectivity index (χ1v) is 23.3. The monoisotopic (exact) mass is 826 g/mol. The first-order chi connectivity index (χ1) is 31.2. The van der Waals surface area contributed by atoms with Crippen LogP contribution in [0.5, 0.6) is 0 Å². The van der Waals surface area contributed by atoms with Crippen LogP contribution in [-0.2, 0) is 0 Å². The topological polar surface area (TPSA) is 9.86 Å². The summed E-state index contributed by atoms with van der Waals surface area (Å²) in [5.41, 5.74) is 24.3. The molecule has 12 rings (SSSR count). The number of fused-ring (bicyclic) bond motifs is 9. The highest BCUT2D eigenvalue weighted by atomic mass is 32.1. The van der Waals surface area contributed by atoms with E-state index in [1.807, 2.05) is 11.3 Å². The van der Waals surface area contributed by atoms with E-state index in [0.29, 0.717) is 0 Å². The van der Waals surface area contributed by atoms with Crippen LogP contribution in [0.2, 0.25) is 0 Å². The van der Waals surface area contributed by atoms with Crippen LogP contribution in [0.4, 0.5) is 0 Å². The maximum absolute atomic E-state index is 2.57. The fourth-order valence-electron chi connectivity index (χ4n) is 11.1. The maximum Gasteiger partial charge on any atom is 0.141 e. The molecule has 3 heterocycles. The van der Waals surface area contributed by atoms with Crippen molar-refractivity contribution < 1.29 is 0 Å². The molecule has 0 unspecified atom stereocenters. The first kappa shape index (κ1) is 38.9. The third-order valence-electron chi connectivity index (χ3n) is 14.6. The highest BCUT2D eigenvalue weighted by molar-refractivity contribution is 7.25. The molecule has 2 nitrogen and oxygen atoms in total. The second-order valence-electron chi connectivity index (χ2n) is 17.9. The van der Waals surface area contributed by atoms with E-state index in [-0.39, 0.29) is 0 Å². The van der Waals surface area contributed by atoms with Gasteiger partial charge in [0.1, 0.15) is 54.9 Å². The molecule has 3 aromatic heterocycles. The quantitative estimate of drug-likeness (QED) is 0.237. The Morgan fingerprint density at radius 1 is 0.328 bits per heavy atom. The molecule has 0 atom stereocenters. The van der Waals surface area contributed by atoms with Crippen molar-refractivity contribution in [3.8, 4) is 44.8 Å². The standard InChI is InChI=1S/C54H41B7N2S/c55-46-42(47(56)51(60)53-44(46)45-48(57)49(58)50(59)52(61)54(45)63(53)32-21-18-29(19-22-32)28-10-3-1-4-11-28)31-20-25-38-37(26-31)43-34(30-12-5-2-6-13-30)15-9-16-39(43)62(38)33-23-24-36-35-14-7-8-17-40(35)64-41(36)27-33/h1-27H,55-61H2. The Bertz CT molecular complexity index is 3910. The lowest BCUT2D eigenvalue weighted by Gasteiger charge is -2.19. The normalized spacial score (nSPS) is 11.9. The summed E-state index contributed by atoms with van der Waals surface area (Å²) in [7, 11) is 16.3. The van der Waals surface area contributed by atoms with Crippen molar-refractivity contribution in [3.05, 3.63) is 164 Å². The van der Waals surface area contributed by atoms with Crippen LogP contribution in [0.3, 0.4) is 0 Å². The zero-order chi connectivity index (χ0) is 43.5. The zero-order valence-corrected chi connectivity index (χ0v) is 38.2. The number of rotatable bonds is 5. The molecule has 0 fully saturated rings. The molecule has 9 aromatic carbocycles. The SMILES string of the molecule is Bc1c(B)c(B)c2c(c1B)c1c(B)c(-c3ccc4c(c3)c3c(-c5ccccc5)cccc3n4-c3ccc4c(c3)sc3ccccc34)c(B)c(B)c1n2-c1ccc(-c2ccccc2)cc1. The fourth-order valence-corrected chi connectivity index (χ4v) is 12.2. The second kappa shape index (κ2) is 14.7. The molecular formula is C54H41B7N2S. The minimum absolute atomic E-state index is 1.18. The van der Waals surface area contributed by atoms with Crippen LogP contribution in [0.1, 0.15) is 0 Å². The van der Waals surface area contributed by atoms with E-state index >= 15 is 0 Å². The van der Waals surface area contributed by atoms with Gasteiger partial charge in [-0.25, -0.2) is 0 Å². The van der Waals surface area contributed by atoms with Crippen LogP contribution in [0.15, 0.2) is 164 Å². The number of hydrogen-bond acceptors (Lipinski definition) is 1. The molecule has 10 heteroatoms. The minimum atomic E-state index is 1.18. The van der Waals surface area contributed by atoms with E-state index in [2.05, 4.69) is 228 Å². The summed E-state index contributed by atoms with van der Waals surface area (Å²) in [5.74, 6) is 0. The summed E-state index contributed by atoms with van der Waals surface area (Å²) in [6.07, 6.45) is 0. The number of hydrogen-bond donors (Lipinski definition) is 0. The number of nitrogens with zero attached hydrogens (tertiary/aromatic N) is 2. The van der Waals surface area contributed by atoms with Gasteiger partial charge >= 0.3 is 0 Å². The number of thiophene rings is 1. The van der Waals surface area contributed by atoms with E-state index in [4.69, 9.17) is 0 Å². The molecule has 0 bridgehead atoms. The van der Waals surface area contributed by atoms with Crippen LogP contribution >= 0.6 is 11.3 Å². The fraction of sp³-hybridized carbons (Fsp3) is 0. The molecule has 64 heavy (non-hydrogen) atoms. The van der Waals surface area contributed by atoms with Gasteiger partial charge < -0.3 is 9.13 Å². The summed E-state index contributed by atoms with van der Waals surface area (Å²) >= 11 is 1.88. The average Bonchev–Trinajstić information content (AvgIpc) is 4.01. The van der Waals surface area contributed by atoms with E-state index in [0.717, 1.165) is 0 Å². The van der Waals surface area contributed by atoms with Crippen LogP contribution in [0.25, 0.3) is 109 Å². The largest absolute Gasteiger partial charge is 0.310 e. The van der Waals surface area contributed by atoms with E-state index in [9.17, 15) is 0 Å². The van der Waals surface area contributed by atoms with Crippen molar-refractivity contribution in [3.63, 3.8) is 0 Å². The Morgan fingerprint density at radius 3 is 1.67 bits per heavy atom. The molecule has 12 aromatic rings. The van der Waals surface area contributed by atoms with Crippen molar-refractivity contribution >= 4 is 168 Å². The van der Waals surface area contributed by atoms with E-state index in [1.54, 1.807) is 0 Å². The lowest BCUT2D eigenvalue weighted by molar-refractivity contribution is 1.19. The van der Waals surface area contributed by atoms with Gasteiger partial charge in [-0.15, -0.1) is 16.8 Å². The minimum Gasteiger partial charge on any atom is -0.310 e. The van der Waals surface area contributed by atoms with Gasteiger partial charge in [0.25, 0.3) is 0 Å². The van der Waals surface area contributed by atoms with Gasteiger partial charge in [0, 0.05) is 58.7 Å². The number of aromatic nitrogens is 2. The van der Waals surface area contributed by atoms with E-state index in [1.165, 1.54) is 147 Å². The van der Waals surface area contributed by atoms with Crippen molar-refractivity contribution in [2.45, 2.75) is 0 Å². The van der Waals surface area contributed by atoms with Crippen molar-refractivity contribution in [1.29, 1.82) is 0 Å². The van der Waals surface area contributed by atoms with Gasteiger partial charge in [-0.1, -0.05) is 148 Å². The molecule has 294 valence electrons. The van der Waals surface area contributed by atoms with Gasteiger partial charge in [-0.2, -0.15) is 0 Å². The third kappa shape index (κ3) is 5.61. The van der Waals surface area contributed by atoms with Crippen molar-refractivity contribution in [2.75, 3.05) is 0 Å². The predicted octanol–water partition coefficient (Wildman–Crippen LogP) is 3.06. The molecule has 0 aliphatic rings. The molecule has 0 spiro atoms. The Balaban J connectivity index is 1.13. The molecule has 0 saturated heterocycles. The molecule has 0 N–H and O–H groups in total. The smallest absolute Gasteiger partial charge is 0.141 e. The van der Waals surface area contributed by atoms with Crippen LogP contribution in [-0.4, -0.2) is 64.1 Å². The van der Waals surface area contributed by atoms with Gasteiger partial charge in [0.2, 0.25) is 0 Å². The first-order valence-electron chi connectivity index (χ1n) is 22.4. The van der Waals surface area contributed by atoms with Gasteiger partial charge in [0.05, 0.1) is 11.0 Å². The van der Waals surface area contributed by atoms with Gasteiger partial charge in [-0.3, -0.25) is 0 Å². The summed E-state index contributed by atoms with van der Waals surface area (Å²) in [6, 6.07) is 60.7. The highest BCUT2D eigenvalue weighted by Gasteiger charge is 2.26. The highest BCUT2D eigenvalue weighted by Crippen LogP contribution is 2.42. The predicted molar refractivity (Wildman–Crippen MR) is 302 cm³/mol. The van der Waals surface area contributed by atoms with E-state index < -0.39 is 0 Å². The lowest BCUT2D eigenvalue weighted by atomic mass is 9.64. The zero-order valence-electron chi connectivity index (χ0n) is 37.4. The van der Waals surface area contributed by atoms with Crippen LogP contribution < -0.4 is 38.2 Å². The van der Waals surface area contributed by atoms with Gasteiger partial charge in [0.15, 0.2) is 0 Å². The Hall–Kier alpha value is -6.75. The summed E-state index contributed by atoms with van der Waals surface area (Å²) in [4.78, 5) is 0. The summed E-state index contributed by atoms with van der Waals surface area (Å²) < 4.78 is 7.70. The molecule has 0 aliphatic heterocycles. The third-order valence-corrected chi connectivity index (χ3v) is 15.8. The molecule has 0 radical (unpaired) electrons. The summed E-state index contributed by atoms with van der Waals surface area (Å²) in [5, 5.41) is 7.90. The molecule has 0 aliphatic carbocycles. The Kier molecular flexibility index (Phi) is 8.91. The molecule has 0 amide bonds. The van der Waals surface area contributed by atoms with Crippen molar-refractivity contribution in [1.82, 2.24) is 9.13 Å². The lowest BCUT2D eigenvalue weighted by Crippen LogP contribution is -2.48. The Labute approximate surface area is 383 Å². The second-order valence-corrected chi connectivity index (χ2v) is 18.9. The van der Waals surface area contributed by atoms with Crippen molar-refractivity contribution in [2.24, 2.45) is 0 Å². The molecular weight excluding hydrogens is 784 g/mol.